The highest BCUT2D eigenvalue weighted by atomic mass is 28.3. The number of hydrogen-bond donors (Lipinski definition) is 1. The minimum atomic E-state index is -1.20. The van der Waals surface area contributed by atoms with Crippen molar-refractivity contribution in [3.05, 3.63) is 0 Å². The summed E-state index contributed by atoms with van der Waals surface area (Å²) in [5.41, 5.74) is 0.331. The summed E-state index contributed by atoms with van der Waals surface area (Å²) in [6.07, 6.45) is 6.09. The fourth-order valence-corrected chi connectivity index (χ4v) is 2.39. The highest BCUT2D eigenvalue weighted by Gasteiger charge is 2.23. The monoisotopic (exact) mass is 156 g/mol. The van der Waals surface area contributed by atoms with E-state index in [1.165, 1.54) is 0 Å². The smallest absolute Gasteiger partial charge is 0.0613 e. The molecule has 0 spiro atoms. The summed E-state index contributed by atoms with van der Waals surface area (Å²) >= 11 is 0. The van der Waals surface area contributed by atoms with Gasteiger partial charge in [0.1, 0.15) is 0 Å². The van der Waals surface area contributed by atoms with Gasteiger partial charge in [-0.15, -0.1) is 12.3 Å². The van der Waals surface area contributed by atoms with E-state index in [0.717, 1.165) is 6.42 Å². The molecule has 0 aliphatic rings. The molecule has 0 radical (unpaired) electrons. The molecule has 0 aliphatic heterocycles. The molecule has 0 fully saturated rings. The van der Waals surface area contributed by atoms with E-state index < -0.39 is 8.07 Å². The molecule has 1 unspecified atom stereocenters. The summed E-state index contributed by atoms with van der Waals surface area (Å²) in [5.74, 6) is 2.74. The first kappa shape index (κ1) is 9.74. The molecule has 0 aromatic heterocycles. The third-order valence-electron chi connectivity index (χ3n) is 1.66. The van der Waals surface area contributed by atoms with Crippen LogP contribution in [0, 0.1) is 12.3 Å². The van der Waals surface area contributed by atoms with Crippen LogP contribution < -0.4 is 0 Å². The van der Waals surface area contributed by atoms with Gasteiger partial charge in [0, 0.05) is 12.1 Å². The fourth-order valence-electron chi connectivity index (χ4n) is 0.895. The van der Waals surface area contributed by atoms with Gasteiger partial charge in [-0.25, -0.2) is 0 Å². The Kier molecular flexibility index (Phi) is 3.70. The van der Waals surface area contributed by atoms with Crippen molar-refractivity contribution in [1.82, 2.24) is 0 Å². The van der Waals surface area contributed by atoms with Crippen LogP contribution in [0.4, 0.5) is 0 Å². The molecule has 10 heavy (non-hydrogen) atoms. The van der Waals surface area contributed by atoms with Crippen LogP contribution in [-0.2, 0) is 0 Å². The first-order valence-corrected chi connectivity index (χ1v) is 7.17. The van der Waals surface area contributed by atoms with Gasteiger partial charge in [-0.05, 0) is 6.42 Å². The Labute approximate surface area is 64.5 Å². The minimum Gasteiger partial charge on any atom is -0.396 e. The molecule has 0 saturated carbocycles. The molecule has 1 N–H and O–H groups in total. The molecule has 0 aromatic carbocycles. The lowest BCUT2D eigenvalue weighted by molar-refractivity contribution is 0.289. The highest BCUT2D eigenvalue weighted by molar-refractivity contribution is 6.78. The average molecular weight is 156 g/mol. The lowest BCUT2D eigenvalue weighted by Gasteiger charge is -2.22. The van der Waals surface area contributed by atoms with E-state index in [-0.39, 0.29) is 6.61 Å². The Balaban J connectivity index is 3.98. The molecular weight excluding hydrogens is 140 g/mol. The van der Waals surface area contributed by atoms with Crippen molar-refractivity contribution in [3.8, 4) is 12.3 Å². The molecule has 0 aromatic rings. The van der Waals surface area contributed by atoms with E-state index >= 15 is 0 Å². The maximum absolute atomic E-state index is 8.66. The topological polar surface area (TPSA) is 20.2 Å². The molecule has 0 heterocycles. The van der Waals surface area contributed by atoms with Crippen molar-refractivity contribution in [2.75, 3.05) is 6.61 Å². The van der Waals surface area contributed by atoms with Crippen LogP contribution in [0.25, 0.3) is 0 Å². The van der Waals surface area contributed by atoms with Crippen molar-refractivity contribution in [2.24, 2.45) is 0 Å². The van der Waals surface area contributed by atoms with Crippen molar-refractivity contribution >= 4 is 8.07 Å². The van der Waals surface area contributed by atoms with Gasteiger partial charge in [0.05, 0.1) is 8.07 Å². The van der Waals surface area contributed by atoms with Crippen molar-refractivity contribution in [1.29, 1.82) is 0 Å². The zero-order valence-corrected chi connectivity index (χ0v) is 8.02. The van der Waals surface area contributed by atoms with Gasteiger partial charge >= 0.3 is 0 Å². The van der Waals surface area contributed by atoms with Crippen LogP contribution in [0.5, 0.6) is 0 Å². The lowest BCUT2D eigenvalue weighted by Crippen LogP contribution is -2.27. The molecule has 0 saturated heterocycles. The third-order valence-corrected chi connectivity index (χ3v) is 4.21. The number of aliphatic hydroxyl groups excluding tert-OH is 1. The van der Waals surface area contributed by atoms with Crippen LogP contribution in [-0.4, -0.2) is 19.8 Å². The summed E-state index contributed by atoms with van der Waals surface area (Å²) in [5, 5.41) is 8.66. The Morgan fingerprint density at radius 2 is 2.00 bits per heavy atom. The standard InChI is InChI=1S/C8H16OSi/c1-5-8(6-7-9)10(2,3)4/h1,8-9H,6-7H2,2-4H3. The number of hydrogen-bond acceptors (Lipinski definition) is 1. The number of terminal acetylenes is 1. The predicted octanol–water partition coefficient (Wildman–Crippen LogP) is 1.71. The number of aliphatic hydroxyl groups is 1. The second-order valence-electron chi connectivity index (χ2n) is 3.60. The van der Waals surface area contributed by atoms with E-state index in [0.29, 0.717) is 5.54 Å². The van der Waals surface area contributed by atoms with E-state index in [2.05, 4.69) is 25.6 Å². The van der Waals surface area contributed by atoms with Crippen molar-refractivity contribution in [3.63, 3.8) is 0 Å². The van der Waals surface area contributed by atoms with Gasteiger partial charge in [0.2, 0.25) is 0 Å². The third kappa shape index (κ3) is 3.05. The van der Waals surface area contributed by atoms with Crippen LogP contribution in [0.15, 0.2) is 0 Å². The maximum atomic E-state index is 8.66. The first-order chi connectivity index (χ1) is 4.52. The Hall–Kier alpha value is -0.263. The van der Waals surface area contributed by atoms with Gasteiger partial charge in [-0.1, -0.05) is 19.6 Å². The molecule has 2 heteroatoms. The van der Waals surface area contributed by atoms with E-state index in [4.69, 9.17) is 11.5 Å². The predicted molar refractivity (Wildman–Crippen MR) is 47.6 cm³/mol. The quantitative estimate of drug-likeness (QED) is 0.487. The second kappa shape index (κ2) is 3.80. The summed E-state index contributed by atoms with van der Waals surface area (Å²) < 4.78 is 0. The highest BCUT2D eigenvalue weighted by Crippen LogP contribution is 2.23. The minimum absolute atomic E-state index is 0.221. The Morgan fingerprint density at radius 3 is 2.10 bits per heavy atom. The van der Waals surface area contributed by atoms with Crippen LogP contribution in [0.1, 0.15) is 6.42 Å². The average Bonchev–Trinajstić information content (AvgIpc) is 1.80. The first-order valence-electron chi connectivity index (χ1n) is 3.59. The van der Waals surface area contributed by atoms with Crippen LogP contribution >= 0.6 is 0 Å². The molecule has 58 valence electrons. The van der Waals surface area contributed by atoms with Crippen molar-refractivity contribution < 1.29 is 5.11 Å². The molecular formula is C8H16OSi. The summed E-state index contributed by atoms with van der Waals surface area (Å²) in [6, 6.07) is 0. The maximum Gasteiger partial charge on any atom is 0.0613 e. The van der Waals surface area contributed by atoms with Gasteiger partial charge in [-0.3, -0.25) is 0 Å². The summed E-state index contributed by atoms with van der Waals surface area (Å²) in [6.45, 7) is 6.91. The fraction of sp³-hybridized carbons (Fsp3) is 0.750. The molecule has 0 bridgehead atoms. The molecule has 0 aliphatic carbocycles. The van der Waals surface area contributed by atoms with E-state index in [1.54, 1.807) is 0 Å². The lowest BCUT2D eigenvalue weighted by atomic mass is 10.3. The van der Waals surface area contributed by atoms with Crippen LogP contribution in [0.2, 0.25) is 25.2 Å². The molecule has 1 atom stereocenters. The molecule has 1 nitrogen and oxygen atoms in total. The van der Waals surface area contributed by atoms with E-state index in [1.807, 2.05) is 0 Å². The van der Waals surface area contributed by atoms with E-state index in [9.17, 15) is 0 Å². The Morgan fingerprint density at radius 1 is 1.50 bits per heavy atom. The normalized spacial score (nSPS) is 14.3. The van der Waals surface area contributed by atoms with Gasteiger partial charge in [-0.2, -0.15) is 0 Å². The zero-order chi connectivity index (χ0) is 8.20. The molecule has 0 amide bonds. The molecule has 0 rings (SSSR count). The number of rotatable bonds is 3. The summed E-state index contributed by atoms with van der Waals surface area (Å²) in [4.78, 5) is 0. The second-order valence-corrected chi connectivity index (χ2v) is 9.03. The van der Waals surface area contributed by atoms with Gasteiger partial charge in [0.25, 0.3) is 0 Å². The Bertz CT molecular complexity index is 129. The van der Waals surface area contributed by atoms with Crippen molar-refractivity contribution in [2.45, 2.75) is 31.6 Å². The summed E-state index contributed by atoms with van der Waals surface area (Å²) in [7, 11) is -1.20. The SMILES string of the molecule is C#CC(CCO)[Si](C)(C)C. The van der Waals surface area contributed by atoms with Gasteiger partial charge < -0.3 is 5.11 Å². The van der Waals surface area contributed by atoms with Gasteiger partial charge in [0.15, 0.2) is 0 Å². The van der Waals surface area contributed by atoms with Crippen LogP contribution in [0.3, 0.4) is 0 Å². The largest absolute Gasteiger partial charge is 0.396 e. The zero-order valence-electron chi connectivity index (χ0n) is 7.02.